The highest BCUT2D eigenvalue weighted by atomic mass is 16.5. The highest BCUT2D eigenvalue weighted by Crippen LogP contribution is 2.22. The van der Waals surface area contributed by atoms with Gasteiger partial charge in [-0.1, -0.05) is 12.1 Å². The molecule has 2 rings (SSSR count). The molecular weight excluding hydrogens is 314 g/mol. The normalized spacial score (nSPS) is 13.0. The summed E-state index contributed by atoms with van der Waals surface area (Å²) in [6.45, 7) is 10.00. The smallest absolute Gasteiger partial charge is 0.261 e. The third-order valence-corrected chi connectivity index (χ3v) is 4.45. The SMILES string of the molecule is COc1ccc(O[C@H](C)C(=O)N[C@@H](C)c2cc(C)c(C)cc2C)cc1. The number of nitrogens with one attached hydrogen (secondary N) is 1. The van der Waals surface area contributed by atoms with Gasteiger partial charge >= 0.3 is 0 Å². The Morgan fingerprint density at radius 1 is 0.920 bits per heavy atom. The number of aryl methyl sites for hydroxylation is 3. The van der Waals surface area contributed by atoms with E-state index in [9.17, 15) is 4.79 Å². The van der Waals surface area contributed by atoms with E-state index in [4.69, 9.17) is 9.47 Å². The maximum absolute atomic E-state index is 12.5. The summed E-state index contributed by atoms with van der Waals surface area (Å²) in [6.07, 6.45) is -0.581. The molecule has 0 heterocycles. The predicted molar refractivity (Wildman–Crippen MR) is 100 cm³/mol. The highest BCUT2D eigenvalue weighted by molar-refractivity contribution is 5.81. The molecule has 1 amide bonds. The number of carbonyl (C=O) groups excluding carboxylic acids is 1. The van der Waals surface area contributed by atoms with Crippen molar-refractivity contribution in [1.82, 2.24) is 5.32 Å². The largest absolute Gasteiger partial charge is 0.497 e. The second kappa shape index (κ2) is 8.06. The molecule has 0 radical (unpaired) electrons. The van der Waals surface area contributed by atoms with E-state index in [1.165, 1.54) is 16.7 Å². The summed E-state index contributed by atoms with van der Waals surface area (Å²) in [4.78, 5) is 12.5. The van der Waals surface area contributed by atoms with E-state index in [0.29, 0.717) is 5.75 Å². The first-order valence-corrected chi connectivity index (χ1v) is 8.50. The van der Waals surface area contributed by atoms with Crippen LogP contribution in [0.4, 0.5) is 0 Å². The van der Waals surface area contributed by atoms with Gasteiger partial charge in [-0.2, -0.15) is 0 Å². The van der Waals surface area contributed by atoms with Gasteiger partial charge in [-0.15, -0.1) is 0 Å². The quantitative estimate of drug-likeness (QED) is 0.854. The molecule has 134 valence electrons. The van der Waals surface area contributed by atoms with Gasteiger partial charge < -0.3 is 14.8 Å². The Hall–Kier alpha value is -2.49. The molecule has 0 saturated carbocycles. The Morgan fingerprint density at radius 3 is 2.08 bits per heavy atom. The zero-order valence-corrected chi connectivity index (χ0v) is 15.8. The second-order valence-corrected chi connectivity index (χ2v) is 6.46. The Bertz CT molecular complexity index is 738. The van der Waals surface area contributed by atoms with Gasteiger partial charge in [0.15, 0.2) is 6.10 Å². The van der Waals surface area contributed by atoms with Gasteiger partial charge in [0.2, 0.25) is 0 Å². The molecule has 4 nitrogen and oxygen atoms in total. The van der Waals surface area contributed by atoms with Crippen molar-refractivity contribution in [2.45, 2.75) is 46.8 Å². The van der Waals surface area contributed by atoms with Crippen LogP contribution >= 0.6 is 0 Å². The van der Waals surface area contributed by atoms with Crippen molar-refractivity contribution in [3.8, 4) is 11.5 Å². The van der Waals surface area contributed by atoms with Crippen molar-refractivity contribution in [3.63, 3.8) is 0 Å². The van der Waals surface area contributed by atoms with Crippen molar-refractivity contribution in [2.24, 2.45) is 0 Å². The van der Waals surface area contributed by atoms with Crippen LogP contribution in [0.5, 0.6) is 11.5 Å². The lowest BCUT2D eigenvalue weighted by molar-refractivity contribution is -0.127. The van der Waals surface area contributed by atoms with Crippen LogP contribution in [0.3, 0.4) is 0 Å². The number of benzene rings is 2. The van der Waals surface area contributed by atoms with Gasteiger partial charge in [0.25, 0.3) is 5.91 Å². The zero-order valence-electron chi connectivity index (χ0n) is 15.8. The van der Waals surface area contributed by atoms with Crippen LogP contribution in [0.25, 0.3) is 0 Å². The summed E-state index contributed by atoms with van der Waals surface area (Å²) in [7, 11) is 1.61. The Kier molecular flexibility index (Phi) is 6.07. The fraction of sp³-hybridized carbons (Fsp3) is 0.381. The second-order valence-electron chi connectivity index (χ2n) is 6.46. The Labute approximate surface area is 150 Å². The topological polar surface area (TPSA) is 47.6 Å². The van der Waals surface area contributed by atoms with E-state index < -0.39 is 6.10 Å². The highest BCUT2D eigenvalue weighted by Gasteiger charge is 2.19. The zero-order chi connectivity index (χ0) is 18.6. The molecule has 0 saturated heterocycles. The van der Waals surface area contributed by atoms with Crippen LogP contribution in [0.2, 0.25) is 0 Å². The maximum atomic E-state index is 12.5. The molecule has 4 heteroatoms. The van der Waals surface area contributed by atoms with Crippen LogP contribution in [0.15, 0.2) is 36.4 Å². The van der Waals surface area contributed by atoms with Gasteiger partial charge in [0.05, 0.1) is 13.2 Å². The lowest BCUT2D eigenvalue weighted by Gasteiger charge is -2.21. The van der Waals surface area contributed by atoms with Gasteiger partial charge in [-0.25, -0.2) is 0 Å². The van der Waals surface area contributed by atoms with Gasteiger partial charge in [-0.05, 0) is 81.1 Å². The van der Waals surface area contributed by atoms with Crippen LogP contribution < -0.4 is 14.8 Å². The van der Waals surface area contributed by atoms with E-state index in [2.05, 4.69) is 38.2 Å². The minimum Gasteiger partial charge on any atom is -0.497 e. The standard InChI is InChI=1S/C21H27NO3/c1-13-11-15(3)20(12-14(13)2)16(4)22-21(23)17(5)25-19-9-7-18(24-6)8-10-19/h7-12,16-17H,1-6H3,(H,22,23)/t16-,17+/m0/s1. The molecule has 1 N–H and O–H groups in total. The average Bonchev–Trinajstić information content (AvgIpc) is 2.58. The van der Waals surface area contributed by atoms with Crippen LogP contribution in [-0.2, 0) is 4.79 Å². The minimum absolute atomic E-state index is 0.0753. The number of methoxy groups -OCH3 is 1. The monoisotopic (exact) mass is 341 g/mol. The summed E-state index contributed by atoms with van der Waals surface area (Å²) in [5, 5.41) is 3.04. The number of amides is 1. The predicted octanol–water partition coefficient (Wildman–Crippen LogP) is 4.27. The third kappa shape index (κ3) is 4.75. The number of hydrogen-bond donors (Lipinski definition) is 1. The fourth-order valence-electron chi connectivity index (χ4n) is 2.77. The maximum Gasteiger partial charge on any atom is 0.261 e. The first kappa shape index (κ1) is 18.8. The first-order valence-electron chi connectivity index (χ1n) is 8.50. The summed E-state index contributed by atoms with van der Waals surface area (Å²) >= 11 is 0. The summed E-state index contributed by atoms with van der Waals surface area (Å²) < 4.78 is 10.8. The molecule has 0 fully saturated rings. The van der Waals surface area contributed by atoms with Crippen molar-refractivity contribution >= 4 is 5.91 Å². The molecule has 2 atom stereocenters. The first-order chi connectivity index (χ1) is 11.8. The summed E-state index contributed by atoms with van der Waals surface area (Å²) in [5.41, 5.74) is 4.80. The van der Waals surface area contributed by atoms with Crippen molar-refractivity contribution in [2.75, 3.05) is 7.11 Å². The number of hydrogen-bond acceptors (Lipinski definition) is 3. The molecule has 0 bridgehead atoms. The van der Waals surface area contributed by atoms with E-state index >= 15 is 0 Å². The van der Waals surface area contributed by atoms with Crippen LogP contribution in [0.1, 0.15) is 42.1 Å². The molecule has 0 aliphatic rings. The fourth-order valence-corrected chi connectivity index (χ4v) is 2.77. The van der Waals surface area contributed by atoms with Crippen LogP contribution in [-0.4, -0.2) is 19.1 Å². The molecular formula is C21H27NO3. The number of ether oxygens (including phenoxy) is 2. The van der Waals surface area contributed by atoms with Crippen LogP contribution in [0, 0.1) is 20.8 Å². The van der Waals surface area contributed by atoms with E-state index in [1.807, 2.05) is 6.92 Å². The molecule has 0 aliphatic carbocycles. The Balaban J connectivity index is 2.01. The number of rotatable bonds is 6. The van der Waals surface area contributed by atoms with Crippen molar-refractivity contribution < 1.29 is 14.3 Å². The van der Waals surface area contributed by atoms with E-state index in [0.717, 1.165) is 11.3 Å². The Morgan fingerprint density at radius 2 is 1.48 bits per heavy atom. The van der Waals surface area contributed by atoms with Gasteiger partial charge in [0, 0.05) is 0 Å². The average molecular weight is 341 g/mol. The third-order valence-electron chi connectivity index (χ3n) is 4.45. The minimum atomic E-state index is -0.581. The van der Waals surface area contributed by atoms with Crippen molar-refractivity contribution in [1.29, 1.82) is 0 Å². The molecule has 0 aromatic heterocycles. The van der Waals surface area contributed by atoms with E-state index in [1.54, 1.807) is 38.3 Å². The lowest BCUT2D eigenvalue weighted by Crippen LogP contribution is -2.38. The molecule has 2 aromatic rings. The summed E-state index contributed by atoms with van der Waals surface area (Å²) in [5.74, 6) is 1.25. The number of carbonyl (C=O) groups is 1. The molecule has 0 aliphatic heterocycles. The molecule has 25 heavy (non-hydrogen) atoms. The van der Waals surface area contributed by atoms with Gasteiger partial charge in [-0.3, -0.25) is 4.79 Å². The van der Waals surface area contributed by atoms with Gasteiger partial charge in [0.1, 0.15) is 11.5 Å². The van der Waals surface area contributed by atoms with Crippen molar-refractivity contribution in [3.05, 3.63) is 58.7 Å². The summed E-state index contributed by atoms with van der Waals surface area (Å²) in [6, 6.07) is 11.4. The molecule has 0 spiro atoms. The molecule has 0 unspecified atom stereocenters. The molecule has 2 aromatic carbocycles. The lowest BCUT2D eigenvalue weighted by atomic mass is 9.96. The van der Waals surface area contributed by atoms with E-state index in [-0.39, 0.29) is 11.9 Å².